The summed E-state index contributed by atoms with van der Waals surface area (Å²) in [6.45, 7) is 4.64. The molecule has 7 nitrogen and oxygen atoms in total. The summed E-state index contributed by atoms with van der Waals surface area (Å²) in [7, 11) is 0. The fourth-order valence-corrected chi connectivity index (χ4v) is 2.23. The van der Waals surface area contributed by atoms with Crippen molar-refractivity contribution in [1.82, 2.24) is 5.32 Å². The summed E-state index contributed by atoms with van der Waals surface area (Å²) >= 11 is 0. The molecule has 7 heteroatoms. The highest BCUT2D eigenvalue weighted by Crippen LogP contribution is 2.31. The maximum Gasteiger partial charge on any atom is 0.273 e. The Morgan fingerprint density at radius 3 is 2.74 bits per heavy atom. The van der Waals surface area contributed by atoms with E-state index in [-0.39, 0.29) is 11.6 Å². The van der Waals surface area contributed by atoms with E-state index in [1.54, 1.807) is 19.9 Å². The van der Waals surface area contributed by atoms with E-state index >= 15 is 0 Å². The van der Waals surface area contributed by atoms with Gasteiger partial charge < -0.3 is 16.0 Å². The number of piperazine rings is 1. The number of non-ortho nitro benzene ring substituents is 1. The van der Waals surface area contributed by atoms with Gasteiger partial charge in [0.15, 0.2) is 0 Å². The Hall–Kier alpha value is -2.31. The van der Waals surface area contributed by atoms with Crippen LogP contribution in [0.1, 0.15) is 13.8 Å². The fraction of sp³-hybridized carbons (Fsp3) is 0.417. The summed E-state index contributed by atoms with van der Waals surface area (Å²) in [6.07, 6.45) is 0. The SMILES string of the molecule is CC1(C)C(=O)NCCN1c1cc(N)cc([N+](=O)[O-])c1. The number of benzene rings is 1. The van der Waals surface area contributed by atoms with E-state index in [1.807, 2.05) is 4.90 Å². The van der Waals surface area contributed by atoms with Gasteiger partial charge in [-0.05, 0) is 19.9 Å². The van der Waals surface area contributed by atoms with Crippen molar-refractivity contribution in [1.29, 1.82) is 0 Å². The number of rotatable bonds is 2. The minimum Gasteiger partial charge on any atom is -0.398 e. The second kappa shape index (κ2) is 4.42. The lowest BCUT2D eigenvalue weighted by Crippen LogP contribution is -2.62. The van der Waals surface area contributed by atoms with Gasteiger partial charge in [0, 0.05) is 36.6 Å². The molecule has 0 bridgehead atoms. The molecule has 2 rings (SSSR count). The topological polar surface area (TPSA) is 102 Å². The van der Waals surface area contributed by atoms with Crippen molar-refractivity contribution in [2.24, 2.45) is 0 Å². The van der Waals surface area contributed by atoms with Crippen LogP contribution in [-0.2, 0) is 4.79 Å². The molecule has 1 saturated heterocycles. The van der Waals surface area contributed by atoms with E-state index in [0.29, 0.717) is 24.5 Å². The zero-order valence-corrected chi connectivity index (χ0v) is 10.8. The first kappa shape index (κ1) is 13.1. The number of nitro groups is 1. The Labute approximate surface area is 110 Å². The Morgan fingerprint density at radius 2 is 2.11 bits per heavy atom. The second-order valence-electron chi connectivity index (χ2n) is 5.01. The molecule has 1 fully saturated rings. The fourth-order valence-electron chi connectivity index (χ4n) is 2.23. The number of nitrogens with one attached hydrogen (secondary N) is 1. The van der Waals surface area contributed by atoms with Gasteiger partial charge >= 0.3 is 0 Å². The third kappa shape index (κ3) is 2.31. The van der Waals surface area contributed by atoms with Crippen molar-refractivity contribution < 1.29 is 9.72 Å². The van der Waals surface area contributed by atoms with Gasteiger partial charge in [-0.15, -0.1) is 0 Å². The molecule has 1 aliphatic rings. The van der Waals surface area contributed by atoms with Gasteiger partial charge in [-0.25, -0.2) is 0 Å². The van der Waals surface area contributed by atoms with E-state index < -0.39 is 10.5 Å². The van der Waals surface area contributed by atoms with Gasteiger partial charge in [0.25, 0.3) is 5.69 Å². The van der Waals surface area contributed by atoms with Crippen LogP contribution in [0.3, 0.4) is 0 Å². The van der Waals surface area contributed by atoms with Crippen LogP contribution in [0.25, 0.3) is 0 Å². The summed E-state index contributed by atoms with van der Waals surface area (Å²) in [4.78, 5) is 24.1. The number of carbonyl (C=O) groups excluding carboxylic acids is 1. The normalized spacial score (nSPS) is 18.0. The standard InChI is InChI=1S/C12H16N4O3/c1-12(2)11(17)14-3-4-15(12)9-5-8(13)6-10(7-9)16(18)19/h5-7H,3-4,13H2,1-2H3,(H,14,17). The van der Waals surface area contributed by atoms with Gasteiger partial charge in [0.1, 0.15) is 5.54 Å². The maximum absolute atomic E-state index is 11.9. The summed E-state index contributed by atoms with van der Waals surface area (Å²) in [5.74, 6) is -0.108. The number of hydrogen-bond acceptors (Lipinski definition) is 5. The highest BCUT2D eigenvalue weighted by Gasteiger charge is 2.38. The van der Waals surface area contributed by atoms with Gasteiger partial charge in [0.2, 0.25) is 5.91 Å². The molecule has 0 aliphatic carbocycles. The molecular formula is C12H16N4O3. The highest BCUT2D eigenvalue weighted by molar-refractivity contribution is 5.90. The third-order valence-corrected chi connectivity index (χ3v) is 3.30. The Bertz CT molecular complexity index is 542. The molecule has 1 heterocycles. The van der Waals surface area contributed by atoms with Crippen molar-refractivity contribution in [2.45, 2.75) is 19.4 Å². The lowest BCUT2D eigenvalue weighted by molar-refractivity contribution is -0.384. The number of hydrogen-bond donors (Lipinski definition) is 2. The van der Waals surface area contributed by atoms with Crippen LogP contribution >= 0.6 is 0 Å². The molecule has 0 radical (unpaired) electrons. The first-order valence-corrected chi connectivity index (χ1v) is 5.93. The minimum absolute atomic E-state index is 0.0724. The first-order valence-electron chi connectivity index (χ1n) is 5.93. The zero-order chi connectivity index (χ0) is 14.2. The molecule has 0 spiro atoms. The number of carbonyl (C=O) groups is 1. The monoisotopic (exact) mass is 264 g/mol. The Kier molecular flexibility index (Phi) is 3.05. The van der Waals surface area contributed by atoms with Gasteiger partial charge in [-0.2, -0.15) is 0 Å². The smallest absolute Gasteiger partial charge is 0.273 e. The van der Waals surface area contributed by atoms with E-state index in [9.17, 15) is 14.9 Å². The van der Waals surface area contributed by atoms with Crippen LogP contribution in [0, 0.1) is 10.1 Å². The summed E-state index contributed by atoms with van der Waals surface area (Å²) < 4.78 is 0. The average Bonchev–Trinajstić information content (AvgIpc) is 2.31. The highest BCUT2D eigenvalue weighted by atomic mass is 16.6. The van der Waals surface area contributed by atoms with Gasteiger partial charge in [0.05, 0.1) is 4.92 Å². The van der Waals surface area contributed by atoms with Crippen molar-refractivity contribution in [3.63, 3.8) is 0 Å². The number of nitrogens with two attached hydrogens (primary N) is 1. The molecule has 0 aromatic heterocycles. The summed E-state index contributed by atoms with van der Waals surface area (Å²) in [5, 5.41) is 13.6. The van der Waals surface area contributed by atoms with Gasteiger partial charge in [-0.1, -0.05) is 0 Å². The molecule has 102 valence electrons. The number of amides is 1. The third-order valence-electron chi connectivity index (χ3n) is 3.30. The molecule has 1 aromatic rings. The predicted octanol–water partition coefficient (Wildman–Crippen LogP) is 0.892. The molecule has 1 aliphatic heterocycles. The van der Waals surface area contributed by atoms with Gasteiger partial charge in [-0.3, -0.25) is 14.9 Å². The lowest BCUT2D eigenvalue weighted by atomic mass is 9.97. The number of nitro benzene ring substituents is 1. The Balaban J connectivity index is 2.46. The molecule has 19 heavy (non-hydrogen) atoms. The zero-order valence-electron chi connectivity index (χ0n) is 10.8. The van der Waals surface area contributed by atoms with E-state index in [0.717, 1.165) is 0 Å². The largest absolute Gasteiger partial charge is 0.398 e. The molecular weight excluding hydrogens is 248 g/mol. The van der Waals surface area contributed by atoms with Crippen molar-refractivity contribution in [3.8, 4) is 0 Å². The molecule has 0 atom stereocenters. The summed E-state index contributed by atoms with van der Waals surface area (Å²) in [6, 6.07) is 4.39. The molecule has 1 aromatic carbocycles. The predicted molar refractivity (Wildman–Crippen MR) is 71.9 cm³/mol. The maximum atomic E-state index is 11.9. The molecule has 0 saturated carbocycles. The molecule has 0 unspecified atom stereocenters. The van der Waals surface area contributed by atoms with Crippen LogP contribution in [0.15, 0.2) is 18.2 Å². The van der Waals surface area contributed by atoms with Crippen molar-refractivity contribution in [2.75, 3.05) is 23.7 Å². The minimum atomic E-state index is -0.764. The van der Waals surface area contributed by atoms with E-state index in [2.05, 4.69) is 5.32 Å². The van der Waals surface area contributed by atoms with Crippen molar-refractivity contribution >= 4 is 23.0 Å². The molecule has 3 N–H and O–H groups in total. The van der Waals surface area contributed by atoms with Crippen LogP contribution in [0.4, 0.5) is 17.1 Å². The van der Waals surface area contributed by atoms with Crippen LogP contribution < -0.4 is 16.0 Å². The number of nitrogen functional groups attached to an aromatic ring is 1. The van der Waals surface area contributed by atoms with E-state index in [1.165, 1.54) is 12.1 Å². The van der Waals surface area contributed by atoms with Crippen molar-refractivity contribution in [3.05, 3.63) is 28.3 Å². The number of anilines is 2. The first-order chi connectivity index (χ1) is 8.82. The van der Waals surface area contributed by atoms with Crippen LogP contribution in [0.5, 0.6) is 0 Å². The molecule has 1 amide bonds. The average molecular weight is 264 g/mol. The lowest BCUT2D eigenvalue weighted by Gasteiger charge is -2.42. The number of nitrogens with zero attached hydrogens (tertiary/aromatic N) is 2. The van der Waals surface area contributed by atoms with E-state index in [4.69, 9.17) is 5.73 Å². The second-order valence-corrected chi connectivity index (χ2v) is 5.01. The summed E-state index contributed by atoms with van der Waals surface area (Å²) in [5.41, 5.74) is 5.76. The van der Waals surface area contributed by atoms with Crippen LogP contribution in [-0.4, -0.2) is 29.5 Å². The quantitative estimate of drug-likeness (QED) is 0.469. The van der Waals surface area contributed by atoms with Crippen LogP contribution in [0.2, 0.25) is 0 Å². The Morgan fingerprint density at radius 1 is 1.42 bits per heavy atom.